The monoisotopic (exact) mass is 354 g/mol. The molecule has 0 aliphatic carbocycles. The quantitative estimate of drug-likeness (QED) is 0.821. The maximum Gasteiger partial charge on any atom is 0.250 e. The van der Waals surface area contributed by atoms with Crippen LogP contribution in [0.15, 0.2) is 35.3 Å². The second kappa shape index (κ2) is 6.52. The van der Waals surface area contributed by atoms with Crippen LogP contribution in [0.1, 0.15) is 16.7 Å². The molecule has 1 amide bonds. The van der Waals surface area contributed by atoms with Crippen LogP contribution in [0, 0.1) is 5.92 Å². The number of hydrogen-bond acceptors (Lipinski definition) is 4. The molecule has 1 unspecified atom stereocenters. The summed E-state index contributed by atoms with van der Waals surface area (Å²) in [4.78, 5) is 26.7. The molecule has 6 nitrogen and oxygen atoms in total. The highest BCUT2D eigenvalue weighted by Crippen LogP contribution is 2.36. The fraction of sp³-hybridized carbons (Fsp3) is 0.400. The number of ether oxygens (including phenoxy) is 2. The minimum Gasteiger partial charge on any atom is -0.493 e. The minimum absolute atomic E-state index is 0.00485. The topological polar surface area (TPSA) is 60.8 Å². The molecule has 2 aliphatic heterocycles. The molecule has 6 heteroatoms. The average Bonchev–Trinajstić information content (AvgIpc) is 2.67. The number of nitrogens with zero attached hydrogens (tertiary/aromatic N) is 2. The van der Waals surface area contributed by atoms with E-state index >= 15 is 0 Å². The third-order valence-electron chi connectivity index (χ3n) is 5.26. The van der Waals surface area contributed by atoms with Crippen molar-refractivity contribution in [1.29, 1.82) is 0 Å². The van der Waals surface area contributed by atoms with Gasteiger partial charge in [-0.1, -0.05) is 12.1 Å². The molecule has 26 heavy (non-hydrogen) atoms. The molecule has 0 N–H and O–H groups in total. The maximum absolute atomic E-state index is 13.0. The van der Waals surface area contributed by atoms with E-state index in [1.54, 1.807) is 24.8 Å². The van der Waals surface area contributed by atoms with Crippen LogP contribution in [-0.4, -0.2) is 35.6 Å². The van der Waals surface area contributed by atoms with E-state index in [4.69, 9.17) is 9.47 Å². The lowest BCUT2D eigenvalue weighted by molar-refractivity contribution is -0.137. The van der Waals surface area contributed by atoms with Gasteiger partial charge < -0.3 is 18.9 Å². The second-order valence-corrected chi connectivity index (χ2v) is 6.94. The number of methoxy groups -OCH3 is 1. The third kappa shape index (κ3) is 2.85. The molecule has 0 saturated carbocycles. The number of aromatic nitrogens is 1. The van der Waals surface area contributed by atoms with Crippen LogP contribution in [0.25, 0.3) is 0 Å². The fourth-order valence-electron chi connectivity index (χ4n) is 3.80. The minimum atomic E-state index is -0.191. The Kier molecular flexibility index (Phi) is 4.18. The molecule has 0 bridgehead atoms. The lowest BCUT2D eigenvalue weighted by Gasteiger charge is -2.33. The first kappa shape index (κ1) is 16.7. The van der Waals surface area contributed by atoms with Gasteiger partial charge in [-0.2, -0.15) is 0 Å². The Hall–Kier alpha value is -2.76. The van der Waals surface area contributed by atoms with Crippen LogP contribution in [-0.2, 0) is 31.2 Å². The van der Waals surface area contributed by atoms with E-state index in [1.165, 1.54) is 0 Å². The largest absolute Gasteiger partial charge is 0.493 e. The van der Waals surface area contributed by atoms with Gasteiger partial charge in [0.2, 0.25) is 5.91 Å². The normalized spacial score (nSPS) is 18.5. The molecular weight excluding hydrogens is 332 g/mol. The second-order valence-electron chi connectivity index (χ2n) is 6.94. The van der Waals surface area contributed by atoms with Crippen molar-refractivity contribution in [3.05, 3.63) is 57.5 Å². The first-order valence-electron chi connectivity index (χ1n) is 8.82. The van der Waals surface area contributed by atoms with Gasteiger partial charge in [0.15, 0.2) is 11.5 Å². The Labute approximate surface area is 152 Å². The first-order valence-corrected chi connectivity index (χ1v) is 8.82. The summed E-state index contributed by atoms with van der Waals surface area (Å²) in [7, 11) is 3.36. The van der Waals surface area contributed by atoms with Crippen molar-refractivity contribution in [2.75, 3.05) is 20.3 Å². The Morgan fingerprint density at radius 2 is 2.12 bits per heavy atom. The Bertz CT molecular complexity index is 919. The van der Waals surface area contributed by atoms with Gasteiger partial charge in [0.05, 0.1) is 13.0 Å². The van der Waals surface area contributed by atoms with Gasteiger partial charge >= 0.3 is 0 Å². The standard InChI is InChI=1S/C20H22N2O4/c1-21-10-16-11-22(7-6-13(16)9-18(21)23)20(24)15-8-14-4-3-5-17(25-2)19(14)26-12-15/h3-5,9-10,15H,6-8,11-12H2,1-2H3. The van der Waals surface area contributed by atoms with Crippen molar-refractivity contribution < 1.29 is 14.3 Å². The van der Waals surface area contributed by atoms with Crippen LogP contribution >= 0.6 is 0 Å². The molecule has 0 fully saturated rings. The maximum atomic E-state index is 13.0. The summed E-state index contributed by atoms with van der Waals surface area (Å²) in [5.74, 6) is 1.38. The molecule has 1 atom stereocenters. The van der Waals surface area contributed by atoms with E-state index in [9.17, 15) is 9.59 Å². The predicted octanol–water partition coefficient (Wildman–Crippen LogP) is 1.53. The summed E-state index contributed by atoms with van der Waals surface area (Å²) in [6, 6.07) is 7.46. The SMILES string of the molecule is COc1cccc2c1OCC(C(=O)N1CCc3cc(=O)n(C)cc3C1)C2. The summed E-state index contributed by atoms with van der Waals surface area (Å²) in [6.45, 7) is 1.55. The molecule has 1 aromatic carbocycles. The van der Waals surface area contributed by atoms with Gasteiger partial charge in [-0.15, -0.1) is 0 Å². The van der Waals surface area contributed by atoms with E-state index in [-0.39, 0.29) is 17.4 Å². The number of pyridine rings is 1. The molecule has 1 aromatic heterocycles. The van der Waals surface area contributed by atoms with E-state index in [1.807, 2.05) is 29.3 Å². The summed E-state index contributed by atoms with van der Waals surface area (Å²) in [5, 5.41) is 0. The molecule has 2 aromatic rings. The van der Waals surface area contributed by atoms with Crippen LogP contribution < -0.4 is 15.0 Å². The van der Waals surface area contributed by atoms with Gasteiger partial charge in [0, 0.05) is 32.4 Å². The summed E-state index contributed by atoms with van der Waals surface area (Å²) in [5.41, 5.74) is 3.10. The molecule has 0 spiro atoms. The third-order valence-corrected chi connectivity index (χ3v) is 5.26. The average molecular weight is 354 g/mol. The van der Waals surface area contributed by atoms with Crippen LogP contribution in [0.3, 0.4) is 0 Å². The Morgan fingerprint density at radius 3 is 2.92 bits per heavy atom. The highest BCUT2D eigenvalue weighted by Gasteiger charge is 2.32. The lowest BCUT2D eigenvalue weighted by atomic mass is 9.93. The van der Waals surface area contributed by atoms with E-state index in [0.29, 0.717) is 31.9 Å². The predicted molar refractivity (Wildman–Crippen MR) is 96.5 cm³/mol. The fourth-order valence-corrected chi connectivity index (χ4v) is 3.80. The van der Waals surface area contributed by atoms with Crippen LogP contribution in [0.5, 0.6) is 11.5 Å². The summed E-state index contributed by atoms with van der Waals surface area (Å²) < 4.78 is 12.8. The van der Waals surface area contributed by atoms with Crippen molar-refractivity contribution >= 4 is 5.91 Å². The Balaban J connectivity index is 1.52. The van der Waals surface area contributed by atoms with Crippen LogP contribution in [0.4, 0.5) is 0 Å². The van der Waals surface area contributed by atoms with Crippen molar-refractivity contribution in [3.63, 3.8) is 0 Å². The number of fused-ring (bicyclic) bond motifs is 2. The zero-order chi connectivity index (χ0) is 18.3. The number of para-hydroxylation sites is 1. The zero-order valence-electron chi connectivity index (χ0n) is 15.0. The van der Waals surface area contributed by atoms with Gasteiger partial charge in [-0.05, 0) is 35.6 Å². The van der Waals surface area contributed by atoms with E-state index < -0.39 is 0 Å². The molecule has 2 aliphatic rings. The number of carbonyl (C=O) groups is 1. The highest BCUT2D eigenvalue weighted by atomic mass is 16.5. The molecule has 0 radical (unpaired) electrons. The van der Waals surface area contributed by atoms with Crippen molar-refractivity contribution in [3.8, 4) is 11.5 Å². The molecule has 136 valence electrons. The van der Waals surface area contributed by atoms with Crippen LogP contribution in [0.2, 0.25) is 0 Å². The summed E-state index contributed by atoms with van der Waals surface area (Å²) >= 11 is 0. The summed E-state index contributed by atoms with van der Waals surface area (Å²) in [6.07, 6.45) is 3.21. The number of rotatable bonds is 2. The number of aryl methyl sites for hydroxylation is 1. The van der Waals surface area contributed by atoms with Gasteiger partial charge in [-0.3, -0.25) is 9.59 Å². The van der Waals surface area contributed by atoms with Crippen molar-refractivity contribution in [2.45, 2.75) is 19.4 Å². The first-order chi connectivity index (χ1) is 12.6. The lowest BCUT2D eigenvalue weighted by Crippen LogP contribution is -2.43. The van der Waals surface area contributed by atoms with Crippen molar-refractivity contribution in [1.82, 2.24) is 9.47 Å². The smallest absolute Gasteiger partial charge is 0.250 e. The van der Waals surface area contributed by atoms with Gasteiger partial charge in [0.25, 0.3) is 5.56 Å². The van der Waals surface area contributed by atoms with E-state index in [2.05, 4.69) is 0 Å². The number of carbonyl (C=O) groups excluding carboxylic acids is 1. The van der Waals surface area contributed by atoms with E-state index in [0.717, 1.165) is 28.9 Å². The zero-order valence-corrected chi connectivity index (χ0v) is 15.0. The number of amides is 1. The van der Waals surface area contributed by atoms with Gasteiger partial charge in [-0.25, -0.2) is 0 Å². The molecular formula is C20H22N2O4. The number of hydrogen-bond donors (Lipinski definition) is 0. The molecule has 4 rings (SSSR count). The van der Waals surface area contributed by atoms with Gasteiger partial charge in [0.1, 0.15) is 6.61 Å². The Morgan fingerprint density at radius 1 is 1.27 bits per heavy atom. The number of benzene rings is 1. The van der Waals surface area contributed by atoms with Crippen molar-refractivity contribution in [2.24, 2.45) is 13.0 Å². The molecule has 3 heterocycles. The highest BCUT2D eigenvalue weighted by molar-refractivity contribution is 5.80. The molecule has 0 saturated heterocycles.